The van der Waals surface area contributed by atoms with Crippen molar-refractivity contribution in [2.24, 2.45) is 10.8 Å². The van der Waals surface area contributed by atoms with Gasteiger partial charge in [-0.3, -0.25) is 0 Å². The van der Waals surface area contributed by atoms with E-state index in [1.165, 1.54) is 0 Å². The molecule has 0 aromatic heterocycles. The fourth-order valence-corrected chi connectivity index (χ4v) is 0.324. The summed E-state index contributed by atoms with van der Waals surface area (Å²) in [6.45, 7) is 2.45. The fraction of sp³-hybridized carbons (Fsp3) is 1.00. The summed E-state index contributed by atoms with van der Waals surface area (Å²) in [6, 6.07) is 0. The van der Waals surface area contributed by atoms with Crippen molar-refractivity contribution in [3.8, 4) is 0 Å². The van der Waals surface area contributed by atoms with Crippen molar-refractivity contribution in [3.05, 3.63) is 10.4 Å². The van der Waals surface area contributed by atoms with Crippen molar-refractivity contribution < 1.29 is 4.74 Å². The molecular formula is C4H10N4O. The Morgan fingerprint density at radius 2 is 2.56 bits per heavy atom. The Bertz CT molecular complexity index is 107. The van der Waals surface area contributed by atoms with Crippen LogP contribution in [0, 0.1) is 0 Å². The van der Waals surface area contributed by atoms with Crippen LogP contribution >= 0.6 is 0 Å². The summed E-state index contributed by atoms with van der Waals surface area (Å²) in [5.74, 6) is 0. The topological polar surface area (TPSA) is 84.0 Å². The van der Waals surface area contributed by atoms with E-state index in [1.807, 2.05) is 0 Å². The lowest BCUT2D eigenvalue weighted by atomic mass is 10.6. The van der Waals surface area contributed by atoms with Gasteiger partial charge < -0.3 is 10.5 Å². The van der Waals surface area contributed by atoms with E-state index < -0.39 is 0 Å². The molecule has 0 radical (unpaired) electrons. The molecule has 0 heterocycles. The van der Waals surface area contributed by atoms with Crippen LogP contribution in [0.3, 0.4) is 0 Å². The normalized spacial score (nSPS) is 12.2. The summed E-state index contributed by atoms with van der Waals surface area (Å²) in [7, 11) is 0. The van der Waals surface area contributed by atoms with Crippen LogP contribution in [0.2, 0.25) is 0 Å². The highest BCUT2D eigenvalue weighted by Gasteiger charge is 1.88. The molecule has 0 spiro atoms. The van der Waals surface area contributed by atoms with Crippen LogP contribution in [0.5, 0.6) is 0 Å². The van der Waals surface area contributed by atoms with Gasteiger partial charge in [0.05, 0.1) is 6.61 Å². The maximum Gasteiger partial charge on any atom is 0.102 e. The minimum atomic E-state index is -0.279. The zero-order valence-electron chi connectivity index (χ0n) is 5.32. The second-order valence-corrected chi connectivity index (χ2v) is 1.53. The fourth-order valence-electron chi connectivity index (χ4n) is 0.324. The molecule has 0 bridgehead atoms. The van der Waals surface area contributed by atoms with Crippen molar-refractivity contribution in [2.45, 2.75) is 13.2 Å². The Hall–Kier alpha value is -0.770. The lowest BCUT2D eigenvalue weighted by Crippen LogP contribution is -2.20. The molecule has 0 saturated heterocycles. The summed E-state index contributed by atoms with van der Waals surface area (Å²) < 4.78 is 4.86. The van der Waals surface area contributed by atoms with Gasteiger partial charge in [0.15, 0.2) is 0 Å². The molecule has 9 heavy (non-hydrogen) atoms. The molecule has 0 amide bonds. The van der Waals surface area contributed by atoms with Crippen molar-refractivity contribution >= 4 is 0 Å². The molecule has 0 fully saturated rings. The number of hydrogen-bond acceptors (Lipinski definition) is 3. The number of ether oxygens (including phenoxy) is 1. The van der Waals surface area contributed by atoms with Crippen molar-refractivity contribution in [2.75, 3.05) is 13.2 Å². The number of rotatable bonds is 4. The zero-order chi connectivity index (χ0) is 7.11. The molecular weight excluding hydrogens is 120 g/mol. The molecule has 0 aliphatic carbocycles. The van der Waals surface area contributed by atoms with E-state index in [9.17, 15) is 0 Å². The smallest absolute Gasteiger partial charge is 0.102 e. The SMILES string of the molecule is CC(N)OCCN=[N+]=[N-]. The van der Waals surface area contributed by atoms with E-state index in [0.29, 0.717) is 13.2 Å². The van der Waals surface area contributed by atoms with Crippen LogP contribution in [0.4, 0.5) is 0 Å². The Balaban J connectivity index is 3.00. The third kappa shape index (κ3) is 7.23. The van der Waals surface area contributed by atoms with Crippen LogP contribution < -0.4 is 5.73 Å². The van der Waals surface area contributed by atoms with Gasteiger partial charge in [0.2, 0.25) is 0 Å². The zero-order valence-corrected chi connectivity index (χ0v) is 5.32. The summed E-state index contributed by atoms with van der Waals surface area (Å²) in [5.41, 5.74) is 13.0. The van der Waals surface area contributed by atoms with Crippen molar-refractivity contribution in [1.29, 1.82) is 0 Å². The standard InChI is InChI=1S/C4H10N4O/c1-4(5)9-3-2-7-8-6/h4H,2-3,5H2,1H3. The highest BCUT2D eigenvalue weighted by molar-refractivity contribution is 4.44. The first kappa shape index (κ1) is 8.23. The molecule has 0 aliphatic rings. The van der Waals surface area contributed by atoms with E-state index in [4.69, 9.17) is 16.0 Å². The van der Waals surface area contributed by atoms with Gasteiger partial charge in [-0.1, -0.05) is 5.11 Å². The minimum absolute atomic E-state index is 0.279. The summed E-state index contributed by atoms with van der Waals surface area (Å²) in [6.07, 6.45) is -0.279. The lowest BCUT2D eigenvalue weighted by Gasteiger charge is -2.03. The first-order valence-corrected chi connectivity index (χ1v) is 2.65. The second-order valence-electron chi connectivity index (χ2n) is 1.53. The highest BCUT2D eigenvalue weighted by Crippen LogP contribution is 1.80. The number of hydrogen-bond donors (Lipinski definition) is 1. The molecule has 1 atom stereocenters. The van der Waals surface area contributed by atoms with Gasteiger partial charge >= 0.3 is 0 Å². The molecule has 5 heteroatoms. The maximum atomic E-state index is 7.80. The molecule has 0 saturated carbocycles. The van der Waals surface area contributed by atoms with E-state index >= 15 is 0 Å². The summed E-state index contributed by atoms with van der Waals surface area (Å²) in [4.78, 5) is 2.54. The van der Waals surface area contributed by atoms with Gasteiger partial charge in [-0.2, -0.15) is 0 Å². The third-order valence-electron chi connectivity index (χ3n) is 0.635. The van der Waals surface area contributed by atoms with Crippen molar-refractivity contribution in [1.82, 2.24) is 0 Å². The number of azide groups is 1. The molecule has 2 N–H and O–H groups in total. The average Bonchev–Trinajstić information content (AvgIpc) is 1.80. The first-order valence-electron chi connectivity index (χ1n) is 2.65. The van der Waals surface area contributed by atoms with Gasteiger partial charge in [0, 0.05) is 11.5 Å². The quantitative estimate of drug-likeness (QED) is 0.199. The van der Waals surface area contributed by atoms with E-state index in [2.05, 4.69) is 10.0 Å². The average molecular weight is 130 g/mol. The van der Waals surface area contributed by atoms with E-state index in [-0.39, 0.29) is 6.23 Å². The lowest BCUT2D eigenvalue weighted by molar-refractivity contribution is 0.0768. The monoisotopic (exact) mass is 130 g/mol. The Morgan fingerprint density at radius 3 is 3.00 bits per heavy atom. The van der Waals surface area contributed by atoms with Gasteiger partial charge in [-0.15, -0.1) is 0 Å². The van der Waals surface area contributed by atoms with Crippen LogP contribution in [0.1, 0.15) is 6.92 Å². The predicted molar refractivity (Wildman–Crippen MR) is 33.6 cm³/mol. The molecule has 0 aromatic carbocycles. The first-order chi connectivity index (χ1) is 4.27. The van der Waals surface area contributed by atoms with Crippen LogP contribution in [0.15, 0.2) is 5.11 Å². The van der Waals surface area contributed by atoms with Crippen LogP contribution in [-0.2, 0) is 4.74 Å². The molecule has 0 rings (SSSR count). The van der Waals surface area contributed by atoms with E-state index in [1.54, 1.807) is 6.92 Å². The summed E-state index contributed by atoms with van der Waals surface area (Å²) >= 11 is 0. The van der Waals surface area contributed by atoms with Crippen LogP contribution in [0.25, 0.3) is 10.4 Å². The molecule has 52 valence electrons. The number of nitrogens with two attached hydrogens (primary N) is 1. The van der Waals surface area contributed by atoms with Gasteiger partial charge in [-0.05, 0) is 12.5 Å². The van der Waals surface area contributed by atoms with Gasteiger partial charge in [0.25, 0.3) is 0 Å². The minimum Gasteiger partial charge on any atom is -0.364 e. The van der Waals surface area contributed by atoms with Crippen molar-refractivity contribution in [3.63, 3.8) is 0 Å². The maximum absolute atomic E-state index is 7.80. The molecule has 1 unspecified atom stereocenters. The Kier molecular flexibility index (Phi) is 4.91. The highest BCUT2D eigenvalue weighted by atomic mass is 16.5. The van der Waals surface area contributed by atoms with E-state index in [0.717, 1.165) is 0 Å². The largest absolute Gasteiger partial charge is 0.364 e. The molecule has 0 aromatic rings. The third-order valence-corrected chi connectivity index (χ3v) is 0.635. The van der Waals surface area contributed by atoms with Gasteiger partial charge in [0.1, 0.15) is 6.23 Å². The van der Waals surface area contributed by atoms with Crippen LogP contribution in [-0.4, -0.2) is 19.4 Å². The molecule has 5 nitrogen and oxygen atoms in total. The Labute approximate surface area is 53.4 Å². The predicted octanol–water partition coefficient (Wildman–Crippen LogP) is 0.618. The molecule has 0 aliphatic heterocycles. The number of nitrogens with zero attached hydrogens (tertiary/aromatic N) is 3. The second kappa shape index (κ2) is 5.37. The summed E-state index contributed by atoms with van der Waals surface area (Å²) in [5, 5.41) is 3.24. The van der Waals surface area contributed by atoms with Gasteiger partial charge in [-0.25, -0.2) is 0 Å². The Morgan fingerprint density at radius 1 is 1.89 bits per heavy atom.